The highest BCUT2D eigenvalue weighted by Crippen LogP contribution is 2.20. The molecule has 0 spiro atoms. The molecule has 0 bridgehead atoms. The molecule has 2 aromatic carbocycles. The van der Waals surface area contributed by atoms with Gasteiger partial charge in [0.05, 0.1) is 10.6 Å². The largest absolute Gasteiger partial charge is 0.454 e. The number of H-pyrrole nitrogens is 1. The fourth-order valence-electron chi connectivity index (χ4n) is 3.15. The van der Waals surface area contributed by atoms with E-state index in [2.05, 4.69) is 15.6 Å². The van der Waals surface area contributed by atoms with Gasteiger partial charge in [0.15, 0.2) is 6.61 Å². The maximum absolute atomic E-state index is 12.8. The van der Waals surface area contributed by atoms with Gasteiger partial charge in [-0.1, -0.05) is 48.9 Å². The number of ether oxygens (including phenoxy) is 1. The predicted molar refractivity (Wildman–Crippen MR) is 119 cm³/mol. The summed E-state index contributed by atoms with van der Waals surface area (Å²) in [5.41, 5.74) is 2.01. The topological polar surface area (TPSA) is 100 Å². The van der Waals surface area contributed by atoms with E-state index in [9.17, 15) is 14.4 Å². The van der Waals surface area contributed by atoms with E-state index < -0.39 is 30.4 Å². The SMILES string of the molecule is CCCNC(=O)COC(=O)[C@H](Cc1c[nH]c2ccccc12)NC(=O)c1ccccc1Cl. The highest BCUT2D eigenvalue weighted by Gasteiger charge is 2.26. The Labute approximate surface area is 185 Å². The van der Waals surface area contributed by atoms with Gasteiger partial charge in [0.1, 0.15) is 6.04 Å². The Hall–Kier alpha value is -3.32. The number of para-hydroxylation sites is 1. The van der Waals surface area contributed by atoms with Crippen LogP contribution in [-0.2, 0) is 20.7 Å². The lowest BCUT2D eigenvalue weighted by Crippen LogP contribution is -2.44. The smallest absolute Gasteiger partial charge is 0.329 e. The summed E-state index contributed by atoms with van der Waals surface area (Å²) in [6.07, 6.45) is 2.76. The van der Waals surface area contributed by atoms with Crippen molar-refractivity contribution in [2.24, 2.45) is 0 Å². The first-order chi connectivity index (χ1) is 15.0. The molecule has 31 heavy (non-hydrogen) atoms. The second-order valence-electron chi connectivity index (χ2n) is 7.03. The van der Waals surface area contributed by atoms with Gasteiger partial charge in [-0.3, -0.25) is 9.59 Å². The van der Waals surface area contributed by atoms with Crippen LogP contribution in [0.4, 0.5) is 0 Å². The van der Waals surface area contributed by atoms with Crippen molar-refractivity contribution < 1.29 is 19.1 Å². The molecule has 0 unspecified atom stereocenters. The van der Waals surface area contributed by atoms with Crippen LogP contribution in [0.15, 0.2) is 54.7 Å². The quantitative estimate of drug-likeness (QED) is 0.444. The first-order valence-corrected chi connectivity index (χ1v) is 10.4. The van der Waals surface area contributed by atoms with E-state index in [-0.39, 0.29) is 17.0 Å². The first-order valence-electron chi connectivity index (χ1n) is 10.0. The maximum Gasteiger partial charge on any atom is 0.329 e. The highest BCUT2D eigenvalue weighted by molar-refractivity contribution is 6.33. The number of hydrogen-bond acceptors (Lipinski definition) is 4. The molecule has 7 nitrogen and oxygen atoms in total. The van der Waals surface area contributed by atoms with E-state index in [0.29, 0.717) is 6.54 Å². The third-order valence-electron chi connectivity index (χ3n) is 4.72. The van der Waals surface area contributed by atoms with Crippen LogP contribution < -0.4 is 10.6 Å². The van der Waals surface area contributed by atoms with Crippen molar-refractivity contribution in [1.82, 2.24) is 15.6 Å². The second-order valence-corrected chi connectivity index (χ2v) is 7.43. The number of halogens is 1. The van der Waals surface area contributed by atoms with Gasteiger partial charge in [-0.15, -0.1) is 0 Å². The van der Waals surface area contributed by atoms with Crippen molar-refractivity contribution in [3.63, 3.8) is 0 Å². The molecular weight excluding hydrogens is 418 g/mol. The number of carbonyl (C=O) groups is 3. The Morgan fingerprint density at radius 3 is 2.61 bits per heavy atom. The molecule has 0 radical (unpaired) electrons. The summed E-state index contributed by atoms with van der Waals surface area (Å²) in [5, 5.41) is 6.56. The third-order valence-corrected chi connectivity index (χ3v) is 5.05. The number of rotatable bonds is 9. The molecule has 0 aliphatic carbocycles. The van der Waals surface area contributed by atoms with Crippen molar-refractivity contribution in [2.75, 3.05) is 13.2 Å². The first kappa shape index (κ1) is 22.4. The Morgan fingerprint density at radius 2 is 1.84 bits per heavy atom. The third kappa shape index (κ3) is 5.86. The number of carbonyl (C=O) groups excluding carboxylic acids is 3. The summed E-state index contributed by atoms with van der Waals surface area (Å²) in [4.78, 5) is 40.5. The Bertz CT molecular complexity index is 1080. The van der Waals surface area contributed by atoms with E-state index in [4.69, 9.17) is 16.3 Å². The summed E-state index contributed by atoms with van der Waals surface area (Å²) >= 11 is 6.12. The number of amides is 2. The highest BCUT2D eigenvalue weighted by atomic mass is 35.5. The van der Waals surface area contributed by atoms with Crippen LogP contribution in [0.2, 0.25) is 5.02 Å². The minimum absolute atomic E-state index is 0.190. The van der Waals surface area contributed by atoms with Crippen LogP contribution in [0.5, 0.6) is 0 Å². The normalized spacial score (nSPS) is 11.7. The van der Waals surface area contributed by atoms with E-state index in [1.165, 1.54) is 0 Å². The molecule has 0 aliphatic heterocycles. The summed E-state index contributed by atoms with van der Waals surface area (Å²) in [7, 11) is 0. The van der Waals surface area contributed by atoms with Crippen LogP contribution in [-0.4, -0.2) is 42.0 Å². The molecule has 1 atom stereocenters. The number of esters is 1. The number of aromatic amines is 1. The summed E-state index contributed by atoms with van der Waals surface area (Å²) in [6, 6.07) is 13.2. The molecule has 8 heteroatoms. The van der Waals surface area contributed by atoms with Gasteiger partial charge in [0.25, 0.3) is 11.8 Å². The summed E-state index contributed by atoms with van der Waals surface area (Å²) in [5.74, 6) is -1.58. The van der Waals surface area contributed by atoms with E-state index in [1.807, 2.05) is 31.2 Å². The van der Waals surface area contributed by atoms with E-state index in [0.717, 1.165) is 22.9 Å². The molecule has 162 valence electrons. The molecular formula is C23H24ClN3O4. The van der Waals surface area contributed by atoms with Gasteiger partial charge < -0.3 is 20.4 Å². The second kappa shape index (κ2) is 10.6. The Balaban J connectivity index is 1.77. The van der Waals surface area contributed by atoms with E-state index >= 15 is 0 Å². The van der Waals surface area contributed by atoms with Crippen LogP contribution in [0.1, 0.15) is 29.3 Å². The molecule has 3 N–H and O–H groups in total. The van der Waals surface area contributed by atoms with Crippen LogP contribution >= 0.6 is 11.6 Å². The lowest BCUT2D eigenvalue weighted by atomic mass is 10.0. The maximum atomic E-state index is 12.8. The van der Waals surface area contributed by atoms with Crippen LogP contribution in [0.25, 0.3) is 10.9 Å². The lowest BCUT2D eigenvalue weighted by Gasteiger charge is -2.18. The molecule has 0 aliphatic rings. The van der Waals surface area contributed by atoms with Crippen molar-refractivity contribution in [1.29, 1.82) is 0 Å². The van der Waals surface area contributed by atoms with Crippen LogP contribution in [0, 0.1) is 0 Å². The Kier molecular flexibility index (Phi) is 7.67. The molecule has 3 rings (SSSR count). The van der Waals surface area contributed by atoms with Gasteiger partial charge in [-0.05, 0) is 30.2 Å². The van der Waals surface area contributed by atoms with Gasteiger partial charge in [0, 0.05) is 30.1 Å². The minimum Gasteiger partial charge on any atom is -0.454 e. The zero-order valence-electron chi connectivity index (χ0n) is 17.1. The van der Waals surface area contributed by atoms with E-state index in [1.54, 1.807) is 30.5 Å². The van der Waals surface area contributed by atoms with Crippen molar-refractivity contribution in [2.45, 2.75) is 25.8 Å². The minimum atomic E-state index is -0.998. The lowest BCUT2D eigenvalue weighted by molar-refractivity contribution is -0.150. The average Bonchev–Trinajstić information content (AvgIpc) is 3.18. The predicted octanol–water partition coefficient (Wildman–Crippen LogP) is 3.23. The van der Waals surface area contributed by atoms with Gasteiger partial charge in [0.2, 0.25) is 0 Å². The number of hydrogen-bond donors (Lipinski definition) is 3. The van der Waals surface area contributed by atoms with Gasteiger partial charge in [-0.25, -0.2) is 4.79 Å². The fourth-order valence-corrected chi connectivity index (χ4v) is 3.37. The Morgan fingerprint density at radius 1 is 1.10 bits per heavy atom. The molecule has 3 aromatic rings. The molecule has 0 saturated carbocycles. The summed E-state index contributed by atoms with van der Waals surface area (Å²) in [6.45, 7) is 2.01. The number of nitrogens with one attached hydrogen (secondary N) is 3. The van der Waals surface area contributed by atoms with Crippen molar-refractivity contribution in [3.05, 3.63) is 70.9 Å². The van der Waals surface area contributed by atoms with Gasteiger partial charge >= 0.3 is 5.97 Å². The molecule has 1 aromatic heterocycles. The monoisotopic (exact) mass is 441 g/mol. The molecule has 0 fully saturated rings. The van der Waals surface area contributed by atoms with Crippen molar-refractivity contribution >= 4 is 40.3 Å². The van der Waals surface area contributed by atoms with Gasteiger partial charge in [-0.2, -0.15) is 0 Å². The standard InChI is InChI=1S/C23H24ClN3O4/c1-2-11-25-21(28)14-31-23(30)20(27-22(29)17-8-3-5-9-18(17)24)12-15-13-26-19-10-6-4-7-16(15)19/h3-10,13,20,26H,2,11-12,14H2,1H3,(H,25,28)(H,27,29)/t20-/m0/s1. The number of aromatic nitrogens is 1. The number of benzene rings is 2. The summed E-state index contributed by atoms with van der Waals surface area (Å²) < 4.78 is 5.18. The van der Waals surface area contributed by atoms with Crippen molar-refractivity contribution in [3.8, 4) is 0 Å². The number of fused-ring (bicyclic) bond motifs is 1. The molecule has 0 saturated heterocycles. The molecule has 2 amide bonds. The fraction of sp³-hybridized carbons (Fsp3) is 0.261. The zero-order valence-corrected chi connectivity index (χ0v) is 17.9. The van der Waals surface area contributed by atoms with Crippen LogP contribution in [0.3, 0.4) is 0 Å². The molecule has 1 heterocycles. The zero-order chi connectivity index (χ0) is 22.2. The average molecular weight is 442 g/mol.